The summed E-state index contributed by atoms with van der Waals surface area (Å²) in [5, 5.41) is 8.79. The summed E-state index contributed by atoms with van der Waals surface area (Å²) in [7, 11) is 0. The molecule has 0 saturated carbocycles. The van der Waals surface area contributed by atoms with Crippen molar-refractivity contribution in [2.45, 2.75) is 20.8 Å². The van der Waals surface area contributed by atoms with Gasteiger partial charge >= 0.3 is 5.97 Å². The van der Waals surface area contributed by atoms with Crippen molar-refractivity contribution in [3.05, 3.63) is 41.5 Å². The molecule has 0 fully saturated rings. The number of hydrogen-bond acceptors (Lipinski definition) is 1. The molecule has 1 rings (SSSR count). The first kappa shape index (κ1) is 11.5. The van der Waals surface area contributed by atoms with Crippen LogP contribution in [0, 0.1) is 12.8 Å². The van der Waals surface area contributed by atoms with Gasteiger partial charge in [0, 0.05) is 6.08 Å². The largest absolute Gasteiger partial charge is 0.478 e. The summed E-state index contributed by atoms with van der Waals surface area (Å²) in [6.45, 7) is 6.00. The van der Waals surface area contributed by atoms with Gasteiger partial charge in [-0.3, -0.25) is 0 Å². The maximum Gasteiger partial charge on any atom is 0.328 e. The Morgan fingerprint density at radius 3 is 2.53 bits per heavy atom. The normalized spacial score (nSPS) is 11.9. The molecule has 1 aromatic carbocycles. The number of carbonyl (C=O) groups is 1. The second-order valence-electron chi connectivity index (χ2n) is 3.96. The van der Waals surface area contributed by atoms with Crippen LogP contribution < -0.4 is 0 Å². The Balaban J connectivity index is 3.16. The second-order valence-corrected chi connectivity index (χ2v) is 3.96. The first-order chi connectivity index (χ1) is 7.00. The summed E-state index contributed by atoms with van der Waals surface area (Å²) in [6.07, 6.45) is 1.29. The average molecular weight is 204 g/mol. The van der Waals surface area contributed by atoms with E-state index < -0.39 is 5.97 Å². The number of hydrogen-bond donors (Lipinski definition) is 1. The van der Waals surface area contributed by atoms with Gasteiger partial charge in [-0.2, -0.15) is 0 Å². The molecule has 0 atom stereocenters. The molecule has 0 aliphatic rings. The van der Waals surface area contributed by atoms with Crippen LogP contribution in [-0.2, 0) is 4.79 Å². The molecule has 0 aliphatic heterocycles. The Bertz CT molecular complexity index is 389. The van der Waals surface area contributed by atoms with Crippen LogP contribution in [0.2, 0.25) is 0 Å². The van der Waals surface area contributed by atoms with Gasteiger partial charge in [0.2, 0.25) is 0 Å². The first-order valence-electron chi connectivity index (χ1n) is 5.02. The van der Waals surface area contributed by atoms with Crippen molar-refractivity contribution in [2.24, 2.45) is 5.92 Å². The summed E-state index contributed by atoms with van der Waals surface area (Å²) in [6, 6.07) is 7.90. The Kier molecular flexibility index (Phi) is 3.67. The van der Waals surface area contributed by atoms with E-state index in [1.54, 1.807) is 0 Å². The Morgan fingerprint density at radius 1 is 1.40 bits per heavy atom. The van der Waals surface area contributed by atoms with Gasteiger partial charge in [-0.15, -0.1) is 0 Å². The Morgan fingerprint density at radius 2 is 2.07 bits per heavy atom. The minimum atomic E-state index is -0.889. The fraction of sp³-hybridized carbons (Fsp3) is 0.308. The lowest BCUT2D eigenvalue weighted by Gasteiger charge is -2.11. The molecule has 2 heteroatoms. The van der Waals surface area contributed by atoms with E-state index in [1.165, 1.54) is 6.08 Å². The number of carboxylic acid groups (broad SMARTS) is 1. The number of carboxylic acids is 1. The monoisotopic (exact) mass is 204 g/mol. The zero-order chi connectivity index (χ0) is 11.4. The molecule has 2 nitrogen and oxygen atoms in total. The van der Waals surface area contributed by atoms with Gasteiger partial charge in [0.15, 0.2) is 0 Å². The third-order valence-corrected chi connectivity index (χ3v) is 2.25. The van der Waals surface area contributed by atoms with E-state index in [-0.39, 0.29) is 5.92 Å². The number of allylic oxidation sites excluding steroid dienone is 1. The third-order valence-electron chi connectivity index (χ3n) is 2.25. The molecule has 0 unspecified atom stereocenters. The standard InChI is InChI=1S/C13H16O2/c1-9(2)12(8-13(14)15)11-6-4-5-10(3)7-11/h4-9H,1-3H3,(H,14,15)/b12-8+. The average Bonchev–Trinajstić information content (AvgIpc) is 2.13. The van der Waals surface area contributed by atoms with Crippen LogP contribution in [-0.4, -0.2) is 11.1 Å². The van der Waals surface area contributed by atoms with E-state index in [2.05, 4.69) is 0 Å². The minimum absolute atomic E-state index is 0.211. The van der Waals surface area contributed by atoms with Crippen LogP contribution in [0.3, 0.4) is 0 Å². The fourth-order valence-electron chi connectivity index (χ4n) is 1.54. The van der Waals surface area contributed by atoms with Gasteiger partial charge in [-0.25, -0.2) is 4.79 Å². The molecule has 0 bridgehead atoms. The van der Waals surface area contributed by atoms with Crippen molar-refractivity contribution >= 4 is 11.5 Å². The number of rotatable bonds is 3. The van der Waals surface area contributed by atoms with Gasteiger partial charge in [0.1, 0.15) is 0 Å². The van der Waals surface area contributed by atoms with Crippen LogP contribution in [0.25, 0.3) is 5.57 Å². The van der Waals surface area contributed by atoms with Crippen molar-refractivity contribution in [2.75, 3.05) is 0 Å². The molecular formula is C13H16O2. The molecule has 0 amide bonds. The van der Waals surface area contributed by atoms with E-state index in [4.69, 9.17) is 5.11 Å². The quantitative estimate of drug-likeness (QED) is 0.768. The van der Waals surface area contributed by atoms with Gasteiger partial charge in [0.25, 0.3) is 0 Å². The van der Waals surface area contributed by atoms with Gasteiger partial charge in [0.05, 0.1) is 0 Å². The topological polar surface area (TPSA) is 37.3 Å². The van der Waals surface area contributed by atoms with Crippen LogP contribution in [0.5, 0.6) is 0 Å². The number of benzene rings is 1. The van der Waals surface area contributed by atoms with Crippen molar-refractivity contribution in [1.82, 2.24) is 0 Å². The molecule has 0 aliphatic carbocycles. The van der Waals surface area contributed by atoms with Crippen LogP contribution >= 0.6 is 0 Å². The van der Waals surface area contributed by atoms with Gasteiger partial charge < -0.3 is 5.11 Å². The zero-order valence-corrected chi connectivity index (χ0v) is 9.32. The summed E-state index contributed by atoms with van der Waals surface area (Å²) in [4.78, 5) is 10.7. The molecule has 80 valence electrons. The fourth-order valence-corrected chi connectivity index (χ4v) is 1.54. The third kappa shape index (κ3) is 3.24. The van der Waals surface area contributed by atoms with E-state index in [9.17, 15) is 4.79 Å². The molecule has 0 spiro atoms. The summed E-state index contributed by atoms with van der Waals surface area (Å²) in [5.41, 5.74) is 3.00. The molecular weight excluding hydrogens is 188 g/mol. The van der Waals surface area contributed by atoms with Crippen molar-refractivity contribution < 1.29 is 9.90 Å². The van der Waals surface area contributed by atoms with E-state index in [1.807, 2.05) is 45.0 Å². The SMILES string of the molecule is Cc1cccc(/C(=C/C(=O)O)C(C)C)c1. The van der Waals surface area contributed by atoms with Crippen LogP contribution in [0.1, 0.15) is 25.0 Å². The number of aliphatic carboxylic acids is 1. The highest BCUT2D eigenvalue weighted by molar-refractivity contribution is 5.90. The van der Waals surface area contributed by atoms with E-state index >= 15 is 0 Å². The highest BCUT2D eigenvalue weighted by atomic mass is 16.4. The summed E-state index contributed by atoms with van der Waals surface area (Å²) >= 11 is 0. The predicted octanol–water partition coefficient (Wildman–Crippen LogP) is 3.12. The van der Waals surface area contributed by atoms with Crippen molar-refractivity contribution in [3.63, 3.8) is 0 Å². The maximum atomic E-state index is 10.7. The molecule has 1 aromatic rings. The van der Waals surface area contributed by atoms with E-state index in [0.29, 0.717) is 0 Å². The number of aryl methyl sites for hydroxylation is 1. The smallest absolute Gasteiger partial charge is 0.328 e. The molecule has 15 heavy (non-hydrogen) atoms. The molecule has 0 aromatic heterocycles. The highest BCUT2D eigenvalue weighted by Gasteiger charge is 2.08. The summed E-state index contributed by atoms with van der Waals surface area (Å²) in [5.74, 6) is -0.678. The van der Waals surface area contributed by atoms with Gasteiger partial charge in [-0.1, -0.05) is 43.7 Å². The second kappa shape index (κ2) is 4.78. The molecule has 0 saturated heterocycles. The van der Waals surface area contributed by atoms with Crippen LogP contribution in [0.4, 0.5) is 0 Å². The summed E-state index contributed by atoms with van der Waals surface area (Å²) < 4.78 is 0. The van der Waals surface area contributed by atoms with E-state index in [0.717, 1.165) is 16.7 Å². The van der Waals surface area contributed by atoms with Crippen molar-refractivity contribution in [3.8, 4) is 0 Å². The lowest BCUT2D eigenvalue weighted by atomic mass is 9.94. The minimum Gasteiger partial charge on any atom is -0.478 e. The highest BCUT2D eigenvalue weighted by Crippen LogP contribution is 2.23. The molecule has 0 radical (unpaired) electrons. The van der Waals surface area contributed by atoms with Gasteiger partial charge in [-0.05, 0) is 24.0 Å². The first-order valence-corrected chi connectivity index (χ1v) is 5.02. The lowest BCUT2D eigenvalue weighted by molar-refractivity contribution is -0.131. The lowest BCUT2D eigenvalue weighted by Crippen LogP contribution is -1.99. The van der Waals surface area contributed by atoms with Crippen LogP contribution in [0.15, 0.2) is 30.3 Å². The molecule has 0 heterocycles. The Labute approximate surface area is 90.3 Å². The predicted molar refractivity (Wildman–Crippen MR) is 61.6 cm³/mol. The Hall–Kier alpha value is -1.57. The zero-order valence-electron chi connectivity index (χ0n) is 9.32. The maximum absolute atomic E-state index is 10.7. The van der Waals surface area contributed by atoms with Crippen molar-refractivity contribution in [1.29, 1.82) is 0 Å². The molecule has 1 N–H and O–H groups in total.